The predicted molar refractivity (Wildman–Crippen MR) is 119 cm³/mol. The van der Waals surface area contributed by atoms with Gasteiger partial charge >= 0.3 is 0 Å². The quantitative estimate of drug-likeness (QED) is 0.272. The van der Waals surface area contributed by atoms with Crippen LogP contribution in [0.15, 0.2) is 23.2 Å². The number of aliphatic imine (C=N–C) groups is 1. The smallest absolute Gasteiger partial charge is 0.193 e. The molecule has 0 bridgehead atoms. The van der Waals surface area contributed by atoms with Crippen molar-refractivity contribution in [3.8, 4) is 0 Å². The van der Waals surface area contributed by atoms with E-state index >= 15 is 0 Å². The molecule has 8 heteroatoms. The fourth-order valence-corrected chi connectivity index (χ4v) is 3.06. The number of methoxy groups -OCH3 is 1. The largest absolute Gasteiger partial charge is 0.382 e. The molecular weight excluding hydrogens is 467 g/mol. The molecule has 0 radical (unpaired) electrons. The van der Waals surface area contributed by atoms with Crippen molar-refractivity contribution in [1.82, 2.24) is 10.2 Å². The van der Waals surface area contributed by atoms with E-state index < -0.39 is 0 Å². The molecule has 2 rings (SSSR count). The van der Waals surface area contributed by atoms with Crippen LogP contribution in [0.3, 0.4) is 0 Å². The van der Waals surface area contributed by atoms with Crippen molar-refractivity contribution in [3.63, 3.8) is 0 Å². The molecule has 1 aliphatic rings. The van der Waals surface area contributed by atoms with E-state index in [4.69, 9.17) is 21.1 Å². The van der Waals surface area contributed by atoms with Crippen LogP contribution in [0.2, 0.25) is 5.02 Å². The van der Waals surface area contributed by atoms with Gasteiger partial charge in [0.15, 0.2) is 5.96 Å². The Morgan fingerprint density at radius 1 is 1.19 bits per heavy atom. The van der Waals surface area contributed by atoms with Crippen LogP contribution in [-0.4, -0.2) is 77.6 Å². The molecule has 1 fully saturated rings. The van der Waals surface area contributed by atoms with Crippen LogP contribution in [-0.2, 0) is 9.47 Å². The summed E-state index contributed by atoms with van der Waals surface area (Å²) >= 11 is 6.15. The molecule has 0 unspecified atom stereocenters. The zero-order valence-electron chi connectivity index (χ0n) is 15.8. The number of benzene rings is 1. The Hall–Kier alpha value is -0.770. The molecule has 0 aromatic heterocycles. The van der Waals surface area contributed by atoms with Gasteiger partial charge in [0.2, 0.25) is 0 Å². The lowest BCUT2D eigenvalue weighted by molar-refractivity contribution is 0.0731. The molecule has 26 heavy (non-hydrogen) atoms. The number of rotatable bonds is 7. The van der Waals surface area contributed by atoms with Gasteiger partial charge in [0.1, 0.15) is 0 Å². The van der Waals surface area contributed by atoms with Gasteiger partial charge in [-0.3, -0.25) is 4.99 Å². The molecule has 6 nitrogen and oxygen atoms in total. The third-order valence-electron chi connectivity index (χ3n) is 4.26. The SMILES string of the molecule is CN=C(NCCOCCOC)N1CCN(c2cc(Cl)ccc2C)CC1.I. The van der Waals surface area contributed by atoms with Gasteiger partial charge in [-0.2, -0.15) is 0 Å². The first-order valence-electron chi connectivity index (χ1n) is 8.69. The number of piperazine rings is 1. The summed E-state index contributed by atoms with van der Waals surface area (Å²) in [5.74, 6) is 0.929. The first-order chi connectivity index (χ1) is 12.2. The van der Waals surface area contributed by atoms with Crippen LogP contribution in [0.25, 0.3) is 0 Å². The first kappa shape index (κ1) is 23.3. The van der Waals surface area contributed by atoms with Gasteiger partial charge in [-0.25, -0.2) is 0 Å². The summed E-state index contributed by atoms with van der Waals surface area (Å²) in [7, 11) is 3.50. The van der Waals surface area contributed by atoms with Crippen molar-refractivity contribution in [3.05, 3.63) is 28.8 Å². The van der Waals surface area contributed by atoms with E-state index in [9.17, 15) is 0 Å². The summed E-state index contributed by atoms with van der Waals surface area (Å²) in [4.78, 5) is 9.06. The molecule has 0 saturated carbocycles. The van der Waals surface area contributed by atoms with Crippen LogP contribution in [0.5, 0.6) is 0 Å². The second-order valence-corrected chi connectivity index (χ2v) is 6.42. The minimum Gasteiger partial charge on any atom is -0.382 e. The van der Waals surface area contributed by atoms with Gasteiger partial charge in [-0.1, -0.05) is 17.7 Å². The highest BCUT2D eigenvalue weighted by molar-refractivity contribution is 14.0. The highest BCUT2D eigenvalue weighted by Crippen LogP contribution is 2.25. The van der Waals surface area contributed by atoms with Crippen molar-refractivity contribution < 1.29 is 9.47 Å². The number of hydrogen-bond acceptors (Lipinski definition) is 4. The molecule has 1 saturated heterocycles. The molecular formula is C18H30ClIN4O2. The monoisotopic (exact) mass is 496 g/mol. The zero-order chi connectivity index (χ0) is 18.1. The van der Waals surface area contributed by atoms with Crippen LogP contribution in [0, 0.1) is 6.92 Å². The van der Waals surface area contributed by atoms with Gasteiger partial charge in [0.05, 0.1) is 19.8 Å². The number of hydrogen-bond donors (Lipinski definition) is 1. The average molecular weight is 497 g/mol. The van der Waals surface area contributed by atoms with Crippen molar-refractivity contribution in [2.75, 3.05) is 71.6 Å². The molecule has 1 aromatic carbocycles. The summed E-state index contributed by atoms with van der Waals surface area (Å²) in [6, 6.07) is 6.07. The van der Waals surface area contributed by atoms with Crippen molar-refractivity contribution in [2.24, 2.45) is 4.99 Å². The van der Waals surface area contributed by atoms with Crippen LogP contribution < -0.4 is 10.2 Å². The van der Waals surface area contributed by atoms with E-state index in [1.807, 2.05) is 13.1 Å². The normalized spacial score (nSPS) is 15.0. The molecule has 148 valence electrons. The van der Waals surface area contributed by atoms with E-state index in [0.29, 0.717) is 19.8 Å². The summed E-state index contributed by atoms with van der Waals surface area (Å²) < 4.78 is 10.4. The third-order valence-corrected chi connectivity index (χ3v) is 4.50. The Kier molecular flexibility index (Phi) is 11.3. The Labute approximate surface area is 178 Å². The van der Waals surface area contributed by atoms with Gasteiger partial charge < -0.3 is 24.6 Å². The highest BCUT2D eigenvalue weighted by atomic mass is 127. The highest BCUT2D eigenvalue weighted by Gasteiger charge is 2.20. The number of ether oxygens (including phenoxy) is 2. The van der Waals surface area contributed by atoms with Gasteiger partial charge in [-0.15, -0.1) is 24.0 Å². The second-order valence-electron chi connectivity index (χ2n) is 5.98. The Morgan fingerprint density at radius 2 is 1.92 bits per heavy atom. The minimum absolute atomic E-state index is 0. The standard InChI is InChI=1S/C18H29ClN4O2.HI/c1-15-4-5-16(19)14-17(15)22-7-9-23(10-8-22)18(20-2)21-6-11-25-13-12-24-3;/h4-5,14H,6-13H2,1-3H3,(H,20,21);1H. The van der Waals surface area contributed by atoms with Gasteiger partial charge in [0, 0.05) is 57.6 Å². The van der Waals surface area contributed by atoms with E-state index in [-0.39, 0.29) is 24.0 Å². The number of anilines is 1. The number of aryl methyl sites for hydroxylation is 1. The molecule has 1 heterocycles. The molecule has 1 aromatic rings. The zero-order valence-corrected chi connectivity index (χ0v) is 18.9. The van der Waals surface area contributed by atoms with Crippen molar-refractivity contribution >= 4 is 47.2 Å². The first-order valence-corrected chi connectivity index (χ1v) is 9.07. The Balaban J connectivity index is 0.00000338. The maximum Gasteiger partial charge on any atom is 0.193 e. The molecule has 1 aliphatic heterocycles. The molecule has 0 amide bonds. The van der Waals surface area contributed by atoms with E-state index in [2.05, 4.69) is 39.2 Å². The summed E-state index contributed by atoms with van der Waals surface area (Å²) in [6.45, 7) is 8.51. The number of nitrogens with zero attached hydrogens (tertiary/aromatic N) is 3. The topological polar surface area (TPSA) is 49.3 Å². The van der Waals surface area contributed by atoms with Crippen molar-refractivity contribution in [2.45, 2.75) is 6.92 Å². The molecule has 0 aliphatic carbocycles. The minimum atomic E-state index is 0. The van der Waals surface area contributed by atoms with Gasteiger partial charge in [-0.05, 0) is 24.6 Å². The van der Waals surface area contributed by atoms with E-state index in [1.54, 1.807) is 7.11 Å². The van der Waals surface area contributed by atoms with Gasteiger partial charge in [0.25, 0.3) is 0 Å². The lowest BCUT2D eigenvalue weighted by Gasteiger charge is -2.38. The lowest BCUT2D eigenvalue weighted by Crippen LogP contribution is -2.53. The third kappa shape index (κ3) is 7.09. The van der Waals surface area contributed by atoms with Crippen LogP contribution in [0.1, 0.15) is 5.56 Å². The summed E-state index contributed by atoms with van der Waals surface area (Å²) in [5, 5.41) is 4.15. The van der Waals surface area contributed by atoms with E-state index in [0.717, 1.165) is 43.7 Å². The van der Waals surface area contributed by atoms with Crippen LogP contribution >= 0.6 is 35.6 Å². The Bertz CT molecular complexity index is 566. The summed E-state index contributed by atoms with van der Waals surface area (Å²) in [5.41, 5.74) is 2.48. The number of halogens is 2. The summed E-state index contributed by atoms with van der Waals surface area (Å²) in [6.07, 6.45) is 0. The molecule has 0 atom stereocenters. The number of guanidine groups is 1. The molecule has 0 spiro atoms. The van der Waals surface area contributed by atoms with Crippen molar-refractivity contribution in [1.29, 1.82) is 0 Å². The predicted octanol–water partition coefficient (Wildman–Crippen LogP) is 2.63. The fraction of sp³-hybridized carbons (Fsp3) is 0.611. The maximum absolute atomic E-state index is 6.15. The average Bonchev–Trinajstić information content (AvgIpc) is 2.63. The van der Waals surface area contributed by atoms with Crippen LogP contribution in [0.4, 0.5) is 5.69 Å². The molecule has 1 N–H and O–H groups in total. The van der Waals surface area contributed by atoms with E-state index in [1.165, 1.54) is 11.3 Å². The second kappa shape index (κ2) is 12.6. The Morgan fingerprint density at radius 3 is 2.58 bits per heavy atom. The fourth-order valence-electron chi connectivity index (χ4n) is 2.89. The lowest BCUT2D eigenvalue weighted by atomic mass is 10.1. The maximum atomic E-state index is 6.15. The number of nitrogens with one attached hydrogen (secondary N) is 1.